The molecule has 1 amide bonds. The van der Waals surface area contributed by atoms with Gasteiger partial charge in [-0.05, 0) is 36.1 Å². The van der Waals surface area contributed by atoms with E-state index in [0.29, 0.717) is 25.4 Å². The van der Waals surface area contributed by atoms with Crippen molar-refractivity contribution < 1.29 is 4.79 Å². The SMILES string of the molecule is O=C([C@@H](Cc1ccccc1)n1cccc1)N1C[C@@H]2C[C@H](C1)c1cccc(=O)n1C2. The summed E-state index contributed by atoms with van der Waals surface area (Å²) in [7, 11) is 0. The molecular formula is C24H25N3O2. The van der Waals surface area contributed by atoms with Crippen molar-refractivity contribution in [1.82, 2.24) is 14.0 Å². The van der Waals surface area contributed by atoms with Crippen molar-refractivity contribution in [2.75, 3.05) is 13.1 Å². The van der Waals surface area contributed by atoms with Gasteiger partial charge in [0.25, 0.3) is 5.56 Å². The summed E-state index contributed by atoms with van der Waals surface area (Å²) in [5.74, 6) is 0.751. The molecule has 4 heterocycles. The molecule has 0 spiro atoms. The van der Waals surface area contributed by atoms with Crippen LogP contribution in [0.3, 0.4) is 0 Å². The second kappa shape index (κ2) is 7.39. The molecule has 1 aromatic carbocycles. The molecule has 3 atom stereocenters. The molecular weight excluding hydrogens is 362 g/mol. The first kappa shape index (κ1) is 18.0. The van der Waals surface area contributed by atoms with E-state index in [9.17, 15) is 9.59 Å². The highest BCUT2D eigenvalue weighted by Crippen LogP contribution is 2.36. The molecule has 29 heavy (non-hydrogen) atoms. The molecule has 0 unspecified atom stereocenters. The number of fused-ring (bicyclic) bond motifs is 4. The highest BCUT2D eigenvalue weighted by Gasteiger charge is 2.38. The summed E-state index contributed by atoms with van der Waals surface area (Å²) in [6.07, 6.45) is 5.69. The lowest BCUT2D eigenvalue weighted by atomic mass is 9.83. The topological polar surface area (TPSA) is 47.2 Å². The van der Waals surface area contributed by atoms with Crippen molar-refractivity contribution in [3.8, 4) is 0 Å². The summed E-state index contributed by atoms with van der Waals surface area (Å²) >= 11 is 0. The van der Waals surface area contributed by atoms with E-state index in [2.05, 4.69) is 12.1 Å². The fourth-order valence-corrected chi connectivity index (χ4v) is 5.00. The second-order valence-corrected chi connectivity index (χ2v) is 8.28. The first-order valence-corrected chi connectivity index (χ1v) is 10.3. The molecule has 0 N–H and O–H groups in total. The summed E-state index contributed by atoms with van der Waals surface area (Å²) in [5.41, 5.74) is 2.31. The van der Waals surface area contributed by atoms with Crippen LogP contribution in [0.4, 0.5) is 0 Å². The number of amides is 1. The molecule has 2 aliphatic heterocycles. The number of aromatic nitrogens is 2. The summed E-state index contributed by atoms with van der Waals surface area (Å²) in [5, 5.41) is 0. The lowest BCUT2D eigenvalue weighted by Gasteiger charge is -2.43. The van der Waals surface area contributed by atoms with Gasteiger partial charge in [0.05, 0.1) is 0 Å². The third kappa shape index (κ3) is 3.41. The van der Waals surface area contributed by atoms with Crippen LogP contribution in [0.2, 0.25) is 0 Å². The van der Waals surface area contributed by atoms with Crippen LogP contribution in [0.15, 0.2) is 77.9 Å². The van der Waals surface area contributed by atoms with Gasteiger partial charge in [-0.25, -0.2) is 0 Å². The molecule has 3 aromatic rings. The van der Waals surface area contributed by atoms with Crippen LogP contribution in [-0.2, 0) is 17.8 Å². The lowest BCUT2D eigenvalue weighted by Crippen LogP contribution is -2.51. The van der Waals surface area contributed by atoms with Gasteiger partial charge in [0.2, 0.25) is 5.91 Å². The average molecular weight is 387 g/mol. The molecule has 2 aliphatic rings. The lowest BCUT2D eigenvalue weighted by molar-refractivity contribution is -0.137. The van der Waals surface area contributed by atoms with Gasteiger partial charge in [-0.1, -0.05) is 36.4 Å². The number of rotatable bonds is 4. The van der Waals surface area contributed by atoms with Gasteiger partial charge >= 0.3 is 0 Å². The van der Waals surface area contributed by atoms with Gasteiger partial charge in [0.15, 0.2) is 0 Å². The van der Waals surface area contributed by atoms with Gasteiger partial charge in [0, 0.05) is 56.1 Å². The fourth-order valence-electron chi connectivity index (χ4n) is 5.00. The Morgan fingerprint density at radius 1 is 0.931 bits per heavy atom. The highest BCUT2D eigenvalue weighted by molar-refractivity contribution is 5.81. The van der Waals surface area contributed by atoms with Gasteiger partial charge in [0.1, 0.15) is 6.04 Å². The van der Waals surface area contributed by atoms with Crippen molar-refractivity contribution in [2.24, 2.45) is 5.92 Å². The first-order valence-electron chi connectivity index (χ1n) is 10.3. The molecule has 5 nitrogen and oxygen atoms in total. The van der Waals surface area contributed by atoms with Gasteiger partial charge in [-0.15, -0.1) is 0 Å². The zero-order valence-corrected chi connectivity index (χ0v) is 16.4. The standard InChI is InChI=1S/C24H25N3O2/c28-23-10-6-9-21-20-13-19(16-27(21)23)15-26(17-20)24(29)22(25-11-4-5-12-25)14-18-7-2-1-3-8-18/h1-12,19-20,22H,13-17H2/t19-,20+,22+/m0/s1. The van der Waals surface area contributed by atoms with E-state index in [1.54, 1.807) is 6.07 Å². The number of pyridine rings is 1. The van der Waals surface area contributed by atoms with Crippen LogP contribution in [0.1, 0.15) is 29.6 Å². The normalized spacial score (nSPS) is 21.4. The zero-order valence-electron chi connectivity index (χ0n) is 16.4. The predicted molar refractivity (Wildman–Crippen MR) is 112 cm³/mol. The summed E-state index contributed by atoms with van der Waals surface area (Å²) in [4.78, 5) is 27.9. The van der Waals surface area contributed by atoms with Crippen LogP contribution in [0.25, 0.3) is 0 Å². The molecule has 1 saturated heterocycles. The minimum atomic E-state index is -0.246. The number of nitrogens with zero attached hydrogens (tertiary/aromatic N) is 3. The van der Waals surface area contributed by atoms with Crippen molar-refractivity contribution in [3.05, 3.63) is 94.7 Å². The van der Waals surface area contributed by atoms with E-state index in [1.807, 2.05) is 68.9 Å². The molecule has 5 heteroatoms. The maximum atomic E-state index is 13.6. The molecule has 148 valence electrons. The minimum Gasteiger partial charge on any atom is -0.342 e. The van der Waals surface area contributed by atoms with Crippen LogP contribution < -0.4 is 5.56 Å². The van der Waals surface area contributed by atoms with E-state index in [1.165, 1.54) is 0 Å². The summed E-state index contributed by atoms with van der Waals surface area (Å²) < 4.78 is 3.94. The molecule has 0 saturated carbocycles. The Balaban J connectivity index is 1.42. The largest absolute Gasteiger partial charge is 0.342 e. The minimum absolute atomic E-state index is 0.0753. The van der Waals surface area contributed by atoms with E-state index in [0.717, 1.165) is 24.2 Å². The summed E-state index contributed by atoms with van der Waals surface area (Å²) in [6.45, 7) is 2.12. The molecule has 1 fully saturated rings. The predicted octanol–water partition coefficient (Wildman–Crippen LogP) is 3.08. The molecule has 2 aromatic heterocycles. The van der Waals surface area contributed by atoms with E-state index in [-0.39, 0.29) is 23.4 Å². The average Bonchev–Trinajstić information content (AvgIpc) is 3.27. The fraction of sp³-hybridized carbons (Fsp3) is 0.333. The summed E-state index contributed by atoms with van der Waals surface area (Å²) in [6, 6.07) is 19.4. The number of carbonyl (C=O) groups excluding carboxylic acids is 1. The van der Waals surface area contributed by atoms with Crippen LogP contribution >= 0.6 is 0 Å². The Morgan fingerprint density at radius 2 is 1.72 bits per heavy atom. The van der Waals surface area contributed by atoms with Crippen molar-refractivity contribution >= 4 is 5.91 Å². The van der Waals surface area contributed by atoms with Crippen molar-refractivity contribution in [2.45, 2.75) is 31.3 Å². The van der Waals surface area contributed by atoms with Crippen molar-refractivity contribution in [1.29, 1.82) is 0 Å². The molecule has 2 bridgehead atoms. The Labute approximate surface area is 170 Å². The van der Waals surface area contributed by atoms with Gasteiger partial charge < -0.3 is 14.0 Å². The quantitative estimate of drug-likeness (QED) is 0.691. The maximum absolute atomic E-state index is 13.6. The number of piperidine rings is 1. The smallest absolute Gasteiger partial charge is 0.250 e. The monoisotopic (exact) mass is 387 g/mol. The number of carbonyl (C=O) groups is 1. The van der Waals surface area contributed by atoms with E-state index >= 15 is 0 Å². The third-order valence-corrected chi connectivity index (χ3v) is 6.34. The first-order chi connectivity index (χ1) is 14.2. The second-order valence-electron chi connectivity index (χ2n) is 8.28. The van der Waals surface area contributed by atoms with Crippen LogP contribution in [0, 0.1) is 5.92 Å². The third-order valence-electron chi connectivity index (χ3n) is 6.34. The van der Waals surface area contributed by atoms with E-state index < -0.39 is 0 Å². The Hall–Kier alpha value is -3.08. The Morgan fingerprint density at radius 3 is 2.52 bits per heavy atom. The van der Waals surface area contributed by atoms with Gasteiger partial charge in [-0.3, -0.25) is 9.59 Å². The van der Waals surface area contributed by atoms with Crippen LogP contribution in [0.5, 0.6) is 0 Å². The highest BCUT2D eigenvalue weighted by atomic mass is 16.2. The molecule has 0 radical (unpaired) electrons. The number of benzene rings is 1. The van der Waals surface area contributed by atoms with Crippen LogP contribution in [-0.4, -0.2) is 33.0 Å². The Bertz CT molecular complexity index is 1060. The van der Waals surface area contributed by atoms with E-state index in [4.69, 9.17) is 0 Å². The Kier molecular flexibility index (Phi) is 4.58. The number of hydrogen-bond donors (Lipinski definition) is 0. The number of likely N-dealkylation sites (tertiary alicyclic amines) is 1. The molecule has 0 aliphatic carbocycles. The molecule has 5 rings (SSSR count). The van der Waals surface area contributed by atoms with Crippen molar-refractivity contribution in [3.63, 3.8) is 0 Å². The maximum Gasteiger partial charge on any atom is 0.250 e. The van der Waals surface area contributed by atoms with Gasteiger partial charge in [-0.2, -0.15) is 0 Å². The zero-order chi connectivity index (χ0) is 19.8. The number of hydrogen-bond acceptors (Lipinski definition) is 2.